The number of piperidine rings is 1. The number of fused-ring (bicyclic) bond motifs is 1. The van der Waals surface area contributed by atoms with Gasteiger partial charge in [0.15, 0.2) is 11.2 Å². The molecule has 1 saturated heterocycles. The van der Waals surface area contributed by atoms with Gasteiger partial charge in [0, 0.05) is 58.9 Å². The predicted molar refractivity (Wildman–Crippen MR) is 108 cm³/mol. The zero-order valence-corrected chi connectivity index (χ0v) is 17.6. The first-order valence-corrected chi connectivity index (χ1v) is 10.4. The molecular weight excluding hydrogens is 390 g/mol. The summed E-state index contributed by atoms with van der Waals surface area (Å²) in [5.74, 6) is 0.424. The number of aryl methyl sites for hydroxylation is 2. The lowest BCUT2D eigenvalue weighted by molar-refractivity contribution is -0.134. The Balaban J connectivity index is 1.62. The third-order valence-electron chi connectivity index (χ3n) is 5.95. The monoisotopic (exact) mass is 417 g/mol. The molecule has 0 aromatic carbocycles. The van der Waals surface area contributed by atoms with Crippen molar-refractivity contribution in [1.29, 1.82) is 0 Å². The van der Waals surface area contributed by atoms with Crippen molar-refractivity contribution in [2.45, 2.75) is 51.7 Å². The topological polar surface area (TPSA) is 108 Å². The second-order valence-corrected chi connectivity index (χ2v) is 8.29. The molecule has 1 aliphatic carbocycles. The minimum absolute atomic E-state index is 0.0173. The molecule has 0 bridgehead atoms. The van der Waals surface area contributed by atoms with Crippen molar-refractivity contribution in [2.75, 3.05) is 13.1 Å². The van der Waals surface area contributed by atoms with Gasteiger partial charge in [-0.15, -0.1) is 0 Å². The number of carbonyl (C=O) groups excluding carboxylic acids is 2. The third-order valence-corrected chi connectivity index (χ3v) is 5.95. The van der Waals surface area contributed by atoms with Crippen LogP contribution >= 0.6 is 0 Å². The Morgan fingerprint density at radius 2 is 1.73 bits per heavy atom. The normalized spacial score (nSPS) is 17.5. The molecule has 1 aliphatic heterocycles. The summed E-state index contributed by atoms with van der Waals surface area (Å²) in [6.07, 6.45) is 3.40. The van der Waals surface area contributed by atoms with E-state index in [4.69, 9.17) is 4.74 Å². The number of likely N-dealkylation sites (tertiary alicyclic amines) is 1. The maximum absolute atomic E-state index is 12.8. The Bertz CT molecular complexity index is 1120. The van der Waals surface area contributed by atoms with Gasteiger partial charge in [-0.25, -0.2) is 4.79 Å². The number of Topliss-reactive ketones (excluding diaryl/α,β-unsaturated/α-hetero) is 1. The maximum atomic E-state index is 12.8. The molecule has 10 heteroatoms. The fourth-order valence-corrected chi connectivity index (χ4v) is 3.92. The summed E-state index contributed by atoms with van der Waals surface area (Å²) in [5.41, 5.74) is -0.453. The zero-order valence-electron chi connectivity index (χ0n) is 17.6. The predicted octanol–water partition coefficient (Wildman–Crippen LogP) is 0.193. The number of ether oxygens (including phenoxy) is 1. The second-order valence-electron chi connectivity index (χ2n) is 8.29. The van der Waals surface area contributed by atoms with Gasteiger partial charge in [0.25, 0.3) is 11.6 Å². The molecule has 0 N–H and O–H groups in total. The van der Waals surface area contributed by atoms with Crippen LogP contribution in [-0.4, -0.2) is 54.5 Å². The molecule has 2 fully saturated rings. The van der Waals surface area contributed by atoms with Crippen LogP contribution in [0.1, 0.15) is 39.0 Å². The summed E-state index contributed by atoms with van der Waals surface area (Å²) < 4.78 is 10.1. The molecule has 2 aliphatic rings. The van der Waals surface area contributed by atoms with E-state index < -0.39 is 11.2 Å². The number of amides is 1. The van der Waals surface area contributed by atoms with Crippen molar-refractivity contribution in [3.8, 4) is 6.01 Å². The van der Waals surface area contributed by atoms with E-state index in [9.17, 15) is 19.2 Å². The molecule has 1 saturated carbocycles. The largest absolute Gasteiger partial charge is 0.461 e. The molecule has 10 nitrogen and oxygen atoms in total. The van der Waals surface area contributed by atoms with E-state index >= 15 is 0 Å². The number of aromatic nitrogens is 4. The van der Waals surface area contributed by atoms with Crippen molar-refractivity contribution in [3.05, 3.63) is 20.8 Å². The van der Waals surface area contributed by atoms with E-state index in [-0.39, 0.29) is 53.9 Å². The minimum atomic E-state index is -0.470. The number of hydrogen-bond donors (Lipinski definition) is 0. The summed E-state index contributed by atoms with van der Waals surface area (Å²) in [4.78, 5) is 55.2. The summed E-state index contributed by atoms with van der Waals surface area (Å²) in [5, 5.41) is 0. The number of hydrogen-bond acceptors (Lipinski definition) is 6. The molecule has 1 amide bonds. The Hall–Kier alpha value is -2.91. The molecule has 4 rings (SSSR count). The third kappa shape index (κ3) is 3.66. The van der Waals surface area contributed by atoms with Crippen molar-refractivity contribution >= 4 is 22.9 Å². The van der Waals surface area contributed by atoms with Crippen LogP contribution in [0.4, 0.5) is 0 Å². The summed E-state index contributed by atoms with van der Waals surface area (Å²) in [6, 6.07) is 0.233. The molecule has 0 radical (unpaired) electrons. The number of carbonyl (C=O) groups is 2. The van der Waals surface area contributed by atoms with Crippen LogP contribution < -0.4 is 16.0 Å². The molecule has 0 spiro atoms. The second kappa shape index (κ2) is 7.73. The van der Waals surface area contributed by atoms with Crippen LogP contribution in [0.2, 0.25) is 0 Å². The van der Waals surface area contributed by atoms with Gasteiger partial charge in [0.2, 0.25) is 5.91 Å². The Morgan fingerprint density at radius 1 is 1.07 bits per heavy atom. The summed E-state index contributed by atoms with van der Waals surface area (Å²) in [7, 11) is 2.97. The molecule has 0 atom stereocenters. The highest BCUT2D eigenvalue weighted by Gasteiger charge is 2.35. The van der Waals surface area contributed by atoms with Gasteiger partial charge in [-0.1, -0.05) is 0 Å². The van der Waals surface area contributed by atoms with Gasteiger partial charge >= 0.3 is 5.69 Å². The Morgan fingerprint density at radius 3 is 2.33 bits per heavy atom. The minimum Gasteiger partial charge on any atom is -0.461 e. The molecule has 162 valence electrons. The van der Waals surface area contributed by atoms with E-state index in [0.29, 0.717) is 25.9 Å². The highest BCUT2D eigenvalue weighted by molar-refractivity contribution is 5.81. The first-order chi connectivity index (χ1) is 14.3. The molecule has 3 heterocycles. The molecule has 2 aromatic heterocycles. The highest BCUT2D eigenvalue weighted by atomic mass is 16.5. The number of imidazole rings is 1. The average molecular weight is 417 g/mol. The van der Waals surface area contributed by atoms with E-state index in [2.05, 4.69) is 4.98 Å². The van der Waals surface area contributed by atoms with Gasteiger partial charge in [-0.05, 0) is 19.8 Å². The highest BCUT2D eigenvalue weighted by Crippen LogP contribution is 2.32. The zero-order chi connectivity index (χ0) is 21.6. The van der Waals surface area contributed by atoms with E-state index in [1.807, 2.05) is 4.90 Å². The quantitative estimate of drug-likeness (QED) is 0.664. The SMILES string of the molecule is CC(=O)CCn1c(OC2CCN(C(=O)C3CC3)CC2)nc2c1c(=O)n(C)c(=O)n2C. The van der Waals surface area contributed by atoms with Gasteiger partial charge in [-0.3, -0.25) is 28.1 Å². The maximum Gasteiger partial charge on any atom is 0.332 e. The lowest BCUT2D eigenvalue weighted by atomic mass is 10.1. The molecule has 0 unspecified atom stereocenters. The molecular formula is C20H27N5O5. The first kappa shape index (κ1) is 20.4. The van der Waals surface area contributed by atoms with E-state index in [1.165, 1.54) is 18.5 Å². The fourth-order valence-electron chi connectivity index (χ4n) is 3.92. The number of nitrogens with zero attached hydrogens (tertiary/aromatic N) is 5. The van der Waals surface area contributed by atoms with Crippen LogP contribution in [0.5, 0.6) is 6.01 Å². The van der Waals surface area contributed by atoms with Crippen LogP contribution in [0.25, 0.3) is 11.2 Å². The Labute approximate surface area is 173 Å². The van der Waals surface area contributed by atoms with Gasteiger partial charge in [0.05, 0.1) is 0 Å². The first-order valence-electron chi connectivity index (χ1n) is 10.4. The standard InChI is InChI=1S/C20H27N5O5/c1-12(26)6-11-25-15-16(22(2)20(29)23(3)18(15)28)21-19(25)30-14-7-9-24(10-8-14)17(27)13-4-5-13/h13-14H,4-11H2,1-3H3. The van der Waals surface area contributed by atoms with Crippen LogP contribution in [-0.2, 0) is 30.2 Å². The van der Waals surface area contributed by atoms with Crippen molar-refractivity contribution < 1.29 is 14.3 Å². The molecule has 30 heavy (non-hydrogen) atoms. The van der Waals surface area contributed by atoms with Crippen molar-refractivity contribution in [2.24, 2.45) is 20.0 Å². The van der Waals surface area contributed by atoms with Gasteiger partial charge < -0.3 is 9.64 Å². The summed E-state index contributed by atoms with van der Waals surface area (Å²) in [6.45, 7) is 3.00. The van der Waals surface area contributed by atoms with Gasteiger partial charge in [-0.2, -0.15) is 4.98 Å². The van der Waals surface area contributed by atoms with Crippen LogP contribution in [0, 0.1) is 5.92 Å². The van der Waals surface area contributed by atoms with E-state index in [1.54, 1.807) is 11.6 Å². The smallest absolute Gasteiger partial charge is 0.332 e. The Kier molecular flexibility index (Phi) is 5.25. The average Bonchev–Trinajstić information content (AvgIpc) is 3.51. The lowest BCUT2D eigenvalue weighted by Gasteiger charge is -2.32. The van der Waals surface area contributed by atoms with Crippen molar-refractivity contribution in [3.63, 3.8) is 0 Å². The molecule has 2 aromatic rings. The van der Waals surface area contributed by atoms with E-state index in [0.717, 1.165) is 17.4 Å². The van der Waals surface area contributed by atoms with Crippen molar-refractivity contribution in [1.82, 2.24) is 23.6 Å². The van der Waals surface area contributed by atoms with Gasteiger partial charge in [0.1, 0.15) is 11.9 Å². The van der Waals surface area contributed by atoms with Crippen LogP contribution in [0.15, 0.2) is 9.59 Å². The lowest BCUT2D eigenvalue weighted by Crippen LogP contribution is -2.42. The summed E-state index contributed by atoms with van der Waals surface area (Å²) >= 11 is 0. The fraction of sp³-hybridized carbons (Fsp3) is 0.650. The number of ketones is 1. The number of rotatable bonds is 6. The van der Waals surface area contributed by atoms with Crippen LogP contribution in [0.3, 0.4) is 0 Å².